The number of nitrogens with one attached hydrogen (secondary N) is 2. The highest BCUT2D eigenvalue weighted by molar-refractivity contribution is 5.90. The number of carbonyl (C=O) groups is 1. The number of aryl methyl sites for hydroxylation is 1. The first-order valence-electron chi connectivity index (χ1n) is 11.5. The Kier molecular flexibility index (Phi) is 7.17. The molecule has 1 unspecified atom stereocenters. The fraction of sp³-hybridized carbons (Fsp3) is 0.480. The maximum atomic E-state index is 12.7. The van der Waals surface area contributed by atoms with E-state index in [0.29, 0.717) is 18.0 Å². The van der Waals surface area contributed by atoms with E-state index in [1.165, 1.54) is 23.2 Å². The molecule has 0 bridgehead atoms. The van der Waals surface area contributed by atoms with E-state index in [4.69, 9.17) is 4.74 Å². The number of amides is 2. The van der Waals surface area contributed by atoms with Crippen molar-refractivity contribution < 1.29 is 9.53 Å². The summed E-state index contributed by atoms with van der Waals surface area (Å²) < 4.78 is 5.35. The van der Waals surface area contributed by atoms with E-state index in [1.54, 1.807) is 7.11 Å². The van der Waals surface area contributed by atoms with Crippen LogP contribution in [0.4, 0.5) is 16.2 Å². The Morgan fingerprint density at radius 3 is 2.62 bits per heavy atom. The van der Waals surface area contributed by atoms with Gasteiger partial charge in [0.2, 0.25) is 0 Å². The van der Waals surface area contributed by atoms with E-state index in [-0.39, 0.29) is 12.1 Å². The van der Waals surface area contributed by atoms with Crippen molar-refractivity contribution in [2.75, 3.05) is 70.7 Å². The predicted octanol–water partition coefficient (Wildman–Crippen LogP) is 3.19. The highest BCUT2D eigenvalue weighted by Gasteiger charge is 2.26. The number of rotatable bonds is 6. The Morgan fingerprint density at radius 1 is 1.06 bits per heavy atom. The number of urea groups is 1. The van der Waals surface area contributed by atoms with Crippen LogP contribution in [-0.4, -0.2) is 76.3 Å². The number of benzene rings is 2. The molecule has 0 aromatic heterocycles. The molecular formula is C25H35N5O2. The van der Waals surface area contributed by atoms with E-state index in [9.17, 15) is 4.79 Å². The largest absolute Gasteiger partial charge is 0.495 e. The molecule has 2 aromatic carbocycles. The third kappa shape index (κ3) is 5.16. The Balaban J connectivity index is 1.49. The Morgan fingerprint density at radius 2 is 1.84 bits per heavy atom. The first-order chi connectivity index (χ1) is 15.5. The van der Waals surface area contributed by atoms with Gasteiger partial charge in [0.05, 0.1) is 18.8 Å². The molecule has 2 aliphatic heterocycles. The van der Waals surface area contributed by atoms with Gasteiger partial charge in [-0.2, -0.15) is 0 Å². The van der Waals surface area contributed by atoms with Crippen LogP contribution in [0.15, 0.2) is 42.5 Å². The van der Waals surface area contributed by atoms with Crippen molar-refractivity contribution in [2.45, 2.75) is 18.9 Å². The number of methoxy groups -OCH3 is 1. The number of carbonyl (C=O) groups excluding carboxylic acids is 1. The van der Waals surface area contributed by atoms with E-state index in [1.807, 2.05) is 24.3 Å². The maximum absolute atomic E-state index is 12.7. The molecule has 1 saturated heterocycles. The predicted molar refractivity (Wildman–Crippen MR) is 130 cm³/mol. The van der Waals surface area contributed by atoms with Gasteiger partial charge in [-0.15, -0.1) is 0 Å². The summed E-state index contributed by atoms with van der Waals surface area (Å²) in [5, 5.41) is 6.03. The molecule has 2 aromatic rings. The molecule has 0 radical (unpaired) electrons. The summed E-state index contributed by atoms with van der Waals surface area (Å²) in [6.45, 7) is 5.73. The molecule has 1 atom stereocenters. The summed E-state index contributed by atoms with van der Waals surface area (Å²) >= 11 is 0. The minimum absolute atomic E-state index is 0.143. The van der Waals surface area contributed by atoms with Crippen molar-refractivity contribution in [3.63, 3.8) is 0 Å². The first-order valence-corrected chi connectivity index (χ1v) is 11.5. The number of hydrogen-bond acceptors (Lipinski definition) is 5. The third-order valence-electron chi connectivity index (χ3n) is 6.63. The number of likely N-dealkylation sites (N-methyl/N-ethyl adjacent to an activating group) is 1. The lowest BCUT2D eigenvalue weighted by atomic mass is 9.95. The van der Waals surface area contributed by atoms with Gasteiger partial charge in [0.15, 0.2) is 0 Å². The Labute approximate surface area is 191 Å². The number of hydrogen-bond donors (Lipinski definition) is 2. The average molecular weight is 438 g/mol. The fourth-order valence-corrected chi connectivity index (χ4v) is 4.71. The quantitative estimate of drug-likeness (QED) is 0.727. The molecule has 7 nitrogen and oxygen atoms in total. The third-order valence-corrected chi connectivity index (χ3v) is 6.63. The summed E-state index contributed by atoms with van der Waals surface area (Å²) in [6, 6.07) is 14.2. The highest BCUT2D eigenvalue weighted by atomic mass is 16.5. The van der Waals surface area contributed by atoms with Crippen LogP contribution in [0.25, 0.3) is 0 Å². The lowest BCUT2D eigenvalue weighted by Crippen LogP contribution is -2.48. The molecule has 1 fully saturated rings. The van der Waals surface area contributed by atoms with Gasteiger partial charge in [-0.1, -0.05) is 24.3 Å². The molecule has 0 aliphatic carbocycles. The van der Waals surface area contributed by atoms with E-state index >= 15 is 0 Å². The number of nitrogens with zero attached hydrogens (tertiary/aromatic N) is 3. The van der Waals surface area contributed by atoms with Crippen molar-refractivity contribution in [3.8, 4) is 5.75 Å². The summed E-state index contributed by atoms with van der Waals surface area (Å²) in [6.07, 6.45) is 2.30. The van der Waals surface area contributed by atoms with Gasteiger partial charge in [-0.3, -0.25) is 4.90 Å². The molecule has 4 rings (SSSR count). The van der Waals surface area contributed by atoms with Gasteiger partial charge in [0.1, 0.15) is 5.75 Å². The first kappa shape index (κ1) is 22.4. The van der Waals surface area contributed by atoms with Crippen LogP contribution in [0.2, 0.25) is 0 Å². The van der Waals surface area contributed by atoms with Crippen LogP contribution in [0.5, 0.6) is 5.75 Å². The number of para-hydroxylation sites is 2. The lowest BCUT2D eigenvalue weighted by Gasteiger charge is -2.39. The van der Waals surface area contributed by atoms with Gasteiger partial charge in [0.25, 0.3) is 0 Å². The van der Waals surface area contributed by atoms with E-state index < -0.39 is 0 Å². The van der Waals surface area contributed by atoms with Crippen molar-refractivity contribution >= 4 is 17.4 Å². The number of anilines is 2. The van der Waals surface area contributed by atoms with Crippen molar-refractivity contribution in [1.29, 1.82) is 0 Å². The van der Waals surface area contributed by atoms with Crippen LogP contribution in [0.1, 0.15) is 23.6 Å². The molecule has 0 saturated carbocycles. The van der Waals surface area contributed by atoms with Crippen molar-refractivity contribution in [2.24, 2.45) is 0 Å². The normalized spacial score (nSPS) is 18.0. The zero-order chi connectivity index (χ0) is 22.5. The van der Waals surface area contributed by atoms with Gasteiger partial charge in [-0.25, -0.2) is 4.79 Å². The SMILES string of the molecule is COc1ccccc1NC(=O)NCC(c1ccc2c(c1)CCCN2C)N1CCN(C)CC1. The Hall–Kier alpha value is -2.77. The lowest BCUT2D eigenvalue weighted by molar-refractivity contribution is 0.111. The standard InChI is InChI=1S/C25H35N5O2/c1-28-13-15-30(16-14-28)23(20-10-11-22-19(17-20)7-6-12-29(22)2)18-26-25(31)27-21-8-4-5-9-24(21)32-3/h4-5,8-11,17,23H,6-7,12-16,18H2,1-3H3,(H2,26,27,31). The molecule has 0 spiro atoms. The molecule has 2 aliphatic rings. The van der Waals surface area contributed by atoms with E-state index in [2.05, 4.69) is 57.6 Å². The van der Waals surface area contributed by atoms with Crippen LogP contribution in [-0.2, 0) is 6.42 Å². The number of fused-ring (bicyclic) bond motifs is 1. The van der Waals surface area contributed by atoms with Crippen LogP contribution < -0.4 is 20.3 Å². The highest BCUT2D eigenvalue weighted by Crippen LogP contribution is 2.31. The summed E-state index contributed by atoms with van der Waals surface area (Å²) in [7, 11) is 5.94. The second kappa shape index (κ2) is 10.2. The fourth-order valence-electron chi connectivity index (χ4n) is 4.71. The molecule has 7 heteroatoms. The number of piperazine rings is 1. The van der Waals surface area contributed by atoms with Gasteiger partial charge in [0, 0.05) is 52.0 Å². The zero-order valence-corrected chi connectivity index (χ0v) is 19.4. The smallest absolute Gasteiger partial charge is 0.319 e. The van der Waals surface area contributed by atoms with Crippen LogP contribution in [0.3, 0.4) is 0 Å². The minimum atomic E-state index is -0.216. The monoisotopic (exact) mass is 437 g/mol. The molecule has 2 amide bonds. The molecule has 2 heterocycles. The van der Waals surface area contributed by atoms with Crippen molar-refractivity contribution in [1.82, 2.24) is 15.1 Å². The maximum Gasteiger partial charge on any atom is 0.319 e. The zero-order valence-electron chi connectivity index (χ0n) is 19.4. The Bertz CT molecular complexity index is 926. The van der Waals surface area contributed by atoms with Gasteiger partial charge in [-0.05, 0) is 49.2 Å². The van der Waals surface area contributed by atoms with Crippen LogP contribution >= 0.6 is 0 Å². The van der Waals surface area contributed by atoms with Crippen LogP contribution in [0, 0.1) is 0 Å². The average Bonchev–Trinajstić information content (AvgIpc) is 2.81. The topological polar surface area (TPSA) is 60.1 Å². The molecular weight excluding hydrogens is 402 g/mol. The minimum Gasteiger partial charge on any atom is -0.495 e. The molecule has 2 N–H and O–H groups in total. The van der Waals surface area contributed by atoms with E-state index in [0.717, 1.165) is 39.1 Å². The molecule has 172 valence electrons. The van der Waals surface area contributed by atoms with Crippen molar-refractivity contribution in [3.05, 3.63) is 53.6 Å². The molecule has 32 heavy (non-hydrogen) atoms. The summed E-state index contributed by atoms with van der Waals surface area (Å²) in [4.78, 5) is 19.9. The summed E-state index contributed by atoms with van der Waals surface area (Å²) in [5.74, 6) is 0.650. The summed E-state index contributed by atoms with van der Waals surface area (Å²) in [5.41, 5.74) is 4.69. The van der Waals surface area contributed by atoms with Gasteiger partial charge < -0.3 is 25.2 Å². The number of ether oxygens (including phenoxy) is 1. The second-order valence-electron chi connectivity index (χ2n) is 8.80. The van der Waals surface area contributed by atoms with Gasteiger partial charge >= 0.3 is 6.03 Å². The second-order valence-corrected chi connectivity index (χ2v) is 8.80.